The summed E-state index contributed by atoms with van der Waals surface area (Å²) in [6.07, 6.45) is 5.69. The van der Waals surface area contributed by atoms with Crippen LogP contribution in [0.3, 0.4) is 0 Å². The van der Waals surface area contributed by atoms with Crippen molar-refractivity contribution >= 4 is 11.7 Å². The summed E-state index contributed by atoms with van der Waals surface area (Å²) in [5.74, 6) is 1.54. The molecule has 8 nitrogen and oxygen atoms in total. The molecule has 4 rings (SSSR count). The summed E-state index contributed by atoms with van der Waals surface area (Å²) in [4.78, 5) is 36.4. The zero-order chi connectivity index (χ0) is 22.3. The maximum absolute atomic E-state index is 13.1. The number of aromatic nitrogens is 2. The van der Waals surface area contributed by atoms with E-state index in [1.165, 1.54) is 6.07 Å². The van der Waals surface area contributed by atoms with Crippen molar-refractivity contribution in [2.24, 2.45) is 5.92 Å². The Balaban J connectivity index is 1.31. The molecule has 32 heavy (non-hydrogen) atoms. The Morgan fingerprint density at radius 1 is 1.12 bits per heavy atom. The van der Waals surface area contributed by atoms with Crippen molar-refractivity contribution < 1.29 is 9.53 Å². The van der Waals surface area contributed by atoms with E-state index in [1.807, 2.05) is 23.2 Å². The topological polar surface area (TPSA) is 70.9 Å². The first-order valence-electron chi connectivity index (χ1n) is 11.5. The maximum Gasteiger partial charge on any atom is 0.255 e. The van der Waals surface area contributed by atoms with E-state index in [2.05, 4.69) is 20.9 Å². The molecule has 8 heteroatoms. The van der Waals surface area contributed by atoms with Crippen LogP contribution in [0.15, 0.2) is 47.5 Å². The second-order valence-electron chi connectivity index (χ2n) is 8.68. The molecule has 172 valence electrons. The fraction of sp³-hybridized carbons (Fsp3) is 0.542. The molecule has 2 aromatic heterocycles. The number of carbonyl (C=O) groups excluding carboxylic acids is 1. The number of amides is 1. The highest BCUT2D eigenvalue weighted by Gasteiger charge is 2.27. The molecule has 2 aliphatic rings. The Morgan fingerprint density at radius 2 is 1.97 bits per heavy atom. The van der Waals surface area contributed by atoms with Gasteiger partial charge in [-0.15, -0.1) is 0 Å². The number of ether oxygens (including phenoxy) is 1. The number of piperazine rings is 1. The molecule has 2 aliphatic heterocycles. The molecule has 0 N–H and O–H groups in total. The van der Waals surface area contributed by atoms with Crippen LogP contribution in [0.1, 0.15) is 23.2 Å². The summed E-state index contributed by atoms with van der Waals surface area (Å²) in [7, 11) is 1.60. The number of likely N-dealkylation sites (tertiary alicyclic amines) is 1. The Labute approximate surface area is 189 Å². The predicted molar refractivity (Wildman–Crippen MR) is 124 cm³/mol. The van der Waals surface area contributed by atoms with Crippen LogP contribution in [0, 0.1) is 5.92 Å². The van der Waals surface area contributed by atoms with E-state index in [-0.39, 0.29) is 11.5 Å². The van der Waals surface area contributed by atoms with E-state index in [0.29, 0.717) is 24.6 Å². The van der Waals surface area contributed by atoms with Gasteiger partial charge in [-0.1, -0.05) is 6.07 Å². The van der Waals surface area contributed by atoms with E-state index < -0.39 is 0 Å². The predicted octanol–water partition coefficient (Wildman–Crippen LogP) is 1.56. The van der Waals surface area contributed by atoms with Crippen LogP contribution in [-0.4, -0.2) is 84.8 Å². The van der Waals surface area contributed by atoms with Crippen molar-refractivity contribution in [1.29, 1.82) is 0 Å². The van der Waals surface area contributed by atoms with Crippen molar-refractivity contribution in [3.63, 3.8) is 0 Å². The largest absolute Gasteiger partial charge is 0.383 e. The highest BCUT2D eigenvalue weighted by Crippen LogP contribution is 2.21. The molecule has 0 spiro atoms. The van der Waals surface area contributed by atoms with Crippen LogP contribution < -0.4 is 10.5 Å². The lowest BCUT2D eigenvalue weighted by atomic mass is 9.96. The molecular weight excluding hydrogens is 406 g/mol. The molecule has 0 aromatic carbocycles. The van der Waals surface area contributed by atoms with Crippen molar-refractivity contribution in [3.05, 3.63) is 58.6 Å². The molecule has 1 atom stereocenters. The van der Waals surface area contributed by atoms with Crippen LogP contribution in [0.4, 0.5) is 5.82 Å². The first-order chi connectivity index (χ1) is 15.6. The molecule has 2 fully saturated rings. The Hall–Kier alpha value is -2.71. The number of piperidine rings is 1. The second-order valence-corrected chi connectivity index (χ2v) is 8.68. The van der Waals surface area contributed by atoms with Gasteiger partial charge in [0.25, 0.3) is 11.5 Å². The van der Waals surface area contributed by atoms with Crippen molar-refractivity contribution in [2.75, 3.05) is 64.4 Å². The smallest absolute Gasteiger partial charge is 0.255 e. The Bertz CT molecular complexity index is 940. The normalized spacial score (nSPS) is 19.8. The van der Waals surface area contributed by atoms with Crippen LogP contribution in [0.5, 0.6) is 0 Å². The van der Waals surface area contributed by atoms with E-state index in [4.69, 9.17) is 4.74 Å². The van der Waals surface area contributed by atoms with Crippen molar-refractivity contribution in [3.8, 4) is 0 Å². The average Bonchev–Trinajstić information content (AvgIpc) is 2.84. The Kier molecular flexibility index (Phi) is 7.55. The molecule has 1 unspecified atom stereocenters. The molecule has 2 saturated heterocycles. The molecule has 0 aliphatic carbocycles. The lowest BCUT2D eigenvalue weighted by molar-refractivity contribution is 0.0636. The van der Waals surface area contributed by atoms with Gasteiger partial charge >= 0.3 is 0 Å². The molecule has 0 saturated carbocycles. The lowest BCUT2D eigenvalue weighted by Crippen LogP contribution is -2.50. The van der Waals surface area contributed by atoms with E-state index in [9.17, 15) is 9.59 Å². The number of nitrogens with zero attached hydrogens (tertiary/aromatic N) is 5. The molecule has 0 radical (unpaired) electrons. The van der Waals surface area contributed by atoms with Gasteiger partial charge in [-0.2, -0.15) is 0 Å². The summed E-state index contributed by atoms with van der Waals surface area (Å²) < 4.78 is 6.62. The third-order valence-electron chi connectivity index (χ3n) is 6.43. The van der Waals surface area contributed by atoms with Crippen LogP contribution in [-0.2, 0) is 11.3 Å². The van der Waals surface area contributed by atoms with Gasteiger partial charge < -0.3 is 19.1 Å². The minimum atomic E-state index is -0.111. The zero-order valence-electron chi connectivity index (χ0n) is 18.9. The third kappa shape index (κ3) is 5.55. The second kappa shape index (κ2) is 10.7. The number of pyridine rings is 2. The maximum atomic E-state index is 13.1. The van der Waals surface area contributed by atoms with Gasteiger partial charge in [-0.3, -0.25) is 14.5 Å². The number of methoxy groups -OCH3 is 1. The minimum Gasteiger partial charge on any atom is -0.383 e. The summed E-state index contributed by atoms with van der Waals surface area (Å²) in [6, 6.07) is 9.18. The van der Waals surface area contributed by atoms with Gasteiger partial charge in [0, 0.05) is 77.9 Å². The fourth-order valence-electron chi connectivity index (χ4n) is 4.67. The number of hydrogen-bond donors (Lipinski definition) is 0. The number of carbonyl (C=O) groups is 1. The fourth-order valence-corrected chi connectivity index (χ4v) is 4.67. The van der Waals surface area contributed by atoms with Gasteiger partial charge in [0.05, 0.1) is 12.2 Å². The number of anilines is 1. The van der Waals surface area contributed by atoms with Gasteiger partial charge in [-0.05, 0) is 37.0 Å². The van der Waals surface area contributed by atoms with Crippen molar-refractivity contribution in [1.82, 2.24) is 19.4 Å². The summed E-state index contributed by atoms with van der Waals surface area (Å²) in [5.41, 5.74) is 0.463. The van der Waals surface area contributed by atoms with Crippen LogP contribution in [0.2, 0.25) is 0 Å². The minimum absolute atomic E-state index is 0.0147. The first-order valence-corrected chi connectivity index (χ1v) is 11.5. The summed E-state index contributed by atoms with van der Waals surface area (Å²) >= 11 is 0. The van der Waals surface area contributed by atoms with Gasteiger partial charge in [0.2, 0.25) is 0 Å². The molecule has 4 heterocycles. The summed E-state index contributed by atoms with van der Waals surface area (Å²) in [6.45, 7) is 7.46. The van der Waals surface area contributed by atoms with Crippen LogP contribution >= 0.6 is 0 Å². The third-order valence-corrected chi connectivity index (χ3v) is 6.43. The van der Waals surface area contributed by atoms with Gasteiger partial charge in [-0.25, -0.2) is 4.98 Å². The van der Waals surface area contributed by atoms with Crippen molar-refractivity contribution in [2.45, 2.75) is 19.4 Å². The standard InChI is InChI=1S/C24H33N5O3/c1-32-16-15-28-19-21(7-8-23(28)30)24(31)29-10-4-5-20(18-29)17-26-11-13-27(14-12-26)22-6-2-3-9-25-22/h2-3,6-9,19-20H,4-5,10-18H2,1H3. The highest BCUT2D eigenvalue weighted by molar-refractivity contribution is 5.94. The first kappa shape index (κ1) is 22.5. The molecule has 0 bridgehead atoms. The molecule has 1 amide bonds. The highest BCUT2D eigenvalue weighted by atomic mass is 16.5. The monoisotopic (exact) mass is 439 g/mol. The number of hydrogen-bond acceptors (Lipinski definition) is 6. The van der Waals surface area contributed by atoms with Gasteiger partial charge in [0.1, 0.15) is 5.82 Å². The molecule has 2 aromatic rings. The van der Waals surface area contributed by atoms with Gasteiger partial charge in [0.15, 0.2) is 0 Å². The Morgan fingerprint density at radius 3 is 2.72 bits per heavy atom. The van der Waals surface area contributed by atoms with E-state index in [1.54, 1.807) is 23.9 Å². The SMILES string of the molecule is COCCn1cc(C(=O)N2CCCC(CN3CCN(c4ccccn4)CC3)C2)ccc1=O. The summed E-state index contributed by atoms with van der Waals surface area (Å²) in [5, 5.41) is 0. The quantitative estimate of drug-likeness (QED) is 0.652. The van der Waals surface area contributed by atoms with Crippen LogP contribution in [0.25, 0.3) is 0 Å². The zero-order valence-corrected chi connectivity index (χ0v) is 18.9. The average molecular weight is 440 g/mol. The number of rotatable bonds is 7. The van der Waals surface area contributed by atoms with E-state index in [0.717, 1.165) is 64.5 Å². The lowest BCUT2D eigenvalue weighted by Gasteiger charge is -2.39. The van der Waals surface area contributed by atoms with E-state index >= 15 is 0 Å². The molecular formula is C24H33N5O3.